The van der Waals surface area contributed by atoms with Crippen molar-refractivity contribution in [1.29, 1.82) is 0 Å². The van der Waals surface area contributed by atoms with Crippen LogP contribution in [0.4, 0.5) is 0 Å². The number of nitrogens with one attached hydrogen (secondary N) is 1. The molecule has 0 saturated carbocycles. The minimum atomic E-state index is -3.80. The number of hydrogen-bond acceptors (Lipinski definition) is 4. The third-order valence-corrected chi connectivity index (χ3v) is 4.13. The predicted molar refractivity (Wildman–Crippen MR) is 66.4 cm³/mol. The largest absolute Gasteiger partial charge is 0.392 e. The standard InChI is InChI=1S/C9H12Cl2N2O3S/c1-13(2)12-17(15,16)8-4-7(10)3-6(5-14)9(8)11/h3-4,12,14H,5H2,1-2H3. The molecule has 1 aromatic carbocycles. The number of nitrogens with zero attached hydrogens (tertiary/aromatic N) is 1. The van der Waals surface area contributed by atoms with E-state index in [1.165, 1.54) is 31.2 Å². The molecule has 0 aliphatic heterocycles. The zero-order valence-corrected chi connectivity index (χ0v) is 11.6. The average Bonchev–Trinajstić information content (AvgIpc) is 2.18. The Hall–Kier alpha value is -0.370. The third kappa shape index (κ3) is 3.54. The molecule has 2 N–H and O–H groups in total. The Labute approximate surface area is 110 Å². The van der Waals surface area contributed by atoms with Crippen molar-refractivity contribution in [3.63, 3.8) is 0 Å². The second-order valence-electron chi connectivity index (χ2n) is 3.52. The van der Waals surface area contributed by atoms with E-state index in [0.29, 0.717) is 0 Å². The first kappa shape index (κ1) is 14.7. The normalized spacial score (nSPS) is 12.1. The molecule has 0 aliphatic rings. The lowest BCUT2D eigenvalue weighted by molar-refractivity contribution is 0.281. The van der Waals surface area contributed by atoms with E-state index in [-0.39, 0.29) is 27.1 Å². The van der Waals surface area contributed by atoms with E-state index < -0.39 is 10.0 Å². The summed E-state index contributed by atoms with van der Waals surface area (Å²) < 4.78 is 23.8. The maximum Gasteiger partial charge on any atom is 0.254 e. The fourth-order valence-corrected chi connectivity index (χ4v) is 3.23. The van der Waals surface area contributed by atoms with Crippen LogP contribution in [-0.2, 0) is 16.6 Å². The van der Waals surface area contributed by atoms with Gasteiger partial charge in [-0.05, 0) is 17.7 Å². The van der Waals surface area contributed by atoms with Gasteiger partial charge in [-0.15, -0.1) is 4.83 Å². The molecule has 0 atom stereocenters. The van der Waals surface area contributed by atoms with Crippen LogP contribution < -0.4 is 4.83 Å². The molecule has 17 heavy (non-hydrogen) atoms. The summed E-state index contributed by atoms with van der Waals surface area (Å²) in [7, 11) is -0.735. The van der Waals surface area contributed by atoms with E-state index >= 15 is 0 Å². The highest BCUT2D eigenvalue weighted by Crippen LogP contribution is 2.29. The maximum atomic E-state index is 11.9. The van der Waals surface area contributed by atoms with Crippen molar-refractivity contribution in [2.24, 2.45) is 0 Å². The molecule has 0 aliphatic carbocycles. The zero-order chi connectivity index (χ0) is 13.2. The number of benzene rings is 1. The smallest absolute Gasteiger partial charge is 0.254 e. The van der Waals surface area contributed by atoms with Gasteiger partial charge in [0.2, 0.25) is 0 Å². The Morgan fingerprint density at radius 1 is 1.35 bits per heavy atom. The molecule has 1 aromatic rings. The van der Waals surface area contributed by atoms with Crippen LogP contribution in [0.25, 0.3) is 0 Å². The lowest BCUT2D eigenvalue weighted by atomic mass is 10.2. The Bertz CT molecular complexity index is 517. The number of aliphatic hydroxyl groups excluding tert-OH is 1. The van der Waals surface area contributed by atoms with E-state index in [1.54, 1.807) is 0 Å². The van der Waals surface area contributed by atoms with Gasteiger partial charge >= 0.3 is 0 Å². The van der Waals surface area contributed by atoms with E-state index in [4.69, 9.17) is 28.3 Å². The Morgan fingerprint density at radius 3 is 2.41 bits per heavy atom. The van der Waals surface area contributed by atoms with E-state index in [2.05, 4.69) is 4.83 Å². The van der Waals surface area contributed by atoms with Gasteiger partial charge in [0.05, 0.1) is 11.6 Å². The molecule has 0 amide bonds. The van der Waals surface area contributed by atoms with Crippen molar-refractivity contribution in [1.82, 2.24) is 9.84 Å². The van der Waals surface area contributed by atoms with Gasteiger partial charge in [0, 0.05) is 19.1 Å². The second kappa shape index (κ2) is 5.51. The van der Waals surface area contributed by atoms with Crippen LogP contribution in [0.5, 0.6) is 0 Å². The summed E-state index contributed by atoms with van der Waals surface area (Å²) in [5.74, 6) is 0. The molecule has 0 radical (unpaired) electrons. The molecule has 0 heterocycles. The third-order valence-electron chi connectivity index (χ3n) is 1.84. The summed E-state index contributed by atoms with van der Waals surface area (Å²) >= 11 is 11.7. The van der Waals surface area contributed by atoms with Crippen molar-refractivity contribution in [2.75, 3.05) is 14.1 Å². The Morgan fingerprint density at radius 2 is 1.94 bits per heavy atom. The van der Waals surface area contributed by atoms with Crippen LogP contribution in [-0.4, -0.2) is 32.6 Å². The fourth-order valence-electron chi connectivity index (χ4n) is 1.22. The second-order valence-corrected chi connectivity index (χ2v) is 5.97. The van der Waals surface area contributed by atoms with Crippen LogP contribution in [0.1, 0.15) is 5.56 Å². The molecular weight excluding hydrogens is 287 g/mol. The van der Waals surface area contributed by atoms with Crippen molar-refractivity contribution >= 4 is 33.2 Å². The number of hydrazine groups is 1. The van der Waals surface area contributed by atoms with Gasteiger partial charge in [0.1, 0.15) is 4.90 Å². The minimum Gasteiger partial charge on any atom is -0.392 e. The fraction of sp³-hybridized carbons (Fsp3) is 0.333. The number of hydrogen-bond donors (Lipinski definition) is 2. The number of rotatable bonds is 4. The minimum absolute atomic E-state index is 0.0359. The summed E-state index contributed by atoms with van der Waals surface area (Å²) in [6, 6.07) is 2.65. The monoisotopic (exact) mass is 298 g/mol. The van der Waals surface area contributed by atoms with Crippen LogP contribution in [0.15, 0.2) is 17.0 Å². The summed E-state index contributed by atoms with van der Waals surface area (Å²) in [5.41, 5.74) is 0.262. The molecule has 5 nitrogen and oxygen atoms in total. The summed E-state index contributed by atoms with van der Waals surface area (Å²) in [6.07, 6.45) is 0. The van der Waals surface area contributed by atoms with E-state index in [9.17, 15) is 8.42 Å². The molecule has 0 spiro atoms. The van der Waals surface area contributed by atoms with Gasteiger partial charge in [0.25, 0.3) is 10.0 Å². The molecule has 1 rings (SSSR count). The van der Waals surface area contributed by atoms with Gasteiger partial charge in [-0.1, -0.05) is 23.2 Å². The number of aliphatic hydroxyl groups is 1. The molecule has 8 heteroatoms. The number of sulfonamides is 1. The lowest BCUT2D eigenvalue weighted by Gasteiger charge is -2.15. The highest BCUT2D eigenvalue weighted by atomic mass is 35.5. The Kier molecular flexibility index (Phi) is 4.77. The molecular formula is C9H12Cl2N2O3S. The highest BCUT2D eigenvalue weighted by molar-refractivity contribution is 7.89. The van der Waals surface area contributed by atoms with Gasteiger partial charge in [-0.25, -0.2) is 13.4 Å². The van der Waals surface area contributed by atoms with E-state index in [1.807, 2.05) is 0 Å². The van der Waals surface area contributed by atoms with Crippen molar-refractivity contribution in [3.05, 3.63) is 27.7 Å². The summed E-state index contributed by atoms with van der Waals surface area (Å²) in [6.45, 7) is -0.385. The average molecular weight is 299 g/mol. The zero-order valence-electron chi connectivity index (χ0n) is 9.24. The SMILES string of the molecule is CN(C)NS(=O)(=O)c1cc(Cl)cc(CO)c1Cl. The van der Waals surface area contributed by atoms with Gasteiger partial charge in [0.15, 0.2) is 0 Å². The molecule has 0 saturated heterocycles. The van der Waals surface area contributed by atoms with Crippen LogP contribution in [0.2, 0.25) is 10.0 Å². The van der Waals surface area contributed by atoms with E-state index in [0.717, 1.165) is 0 Å². The number of halogens is 2. The van der Waals surface area contributed by atoms with Crippen molar-refractivity contribution < 1.29 is 13.5 Å². The maximum absolute atomic E-state index is 11.9. The predicted octanol–water partition coefficient (Wildman–Crippen LogP) is 1.24. The molecule has 0 bridgehead atoms. The van der Waals surface area contributed by atoms with Gasteiger partial charge in [-0.2, -0.15) is 0 Å². The molecule has 96 valence electrons. The topological polar surface area (TPSA) is 69.6 Å². The molecule has 0 aromatic heterocycles. The van der Waals surface area contributed by atoms with Gasteiger partial charge < -0.3 is 5.11 Å². The summed E-state index contributed by atoms with van der Waals surface area (Å²) in [5, 5.41) is 10.5. The van der Waals surface area contributed by atoms with Crippen molar-refractivity contribution in [2.45, 2.75) is 11.5 Å². The first-order chi connectivity index (χ1) is 7.77. The van der Waals surface area contributed by atoms with Crippen LogP contribution >= 0.6 is 23.2 Å². The van der Waals surface area contributed by atoms with Crippen LogP contribution in [0, 0.1) is 0 Å². The Balaban J connectivity index is 3.36. The first-order valence-corrected chi connectivity index (χ1v) is 6.80. The van der Waals surface area contributed by atoms with Crippen molar-refractivity contribution in [3.8, 4) is 0 Å². The summed E-state index contributed by atoms with van der Waals surface area (Å²) in [4.78, 5) is 2.07. The lowest BCUT2D eigenvalue weighted by Crippen LogP contribution is -2.36. The van der Waals surface area contributed by atoms with Gasteiger partial charge in [-0.3, -0.25) is 0 Å². The van der Waals surface area contributed by atoms with Crippen LogP contribution in [0.3, 0.4) is 0 Å². The molecule has 0 unspecified atom stereocenters. The quantitative estimate of drug-likeness (QED) is 0.821. The first-order valence-electron chi connectivity index (χ1n) is 4.56. The molecule has 0 fully saturated rings. The highest BCUT2D eigenvalue weighted by Gasteiger charge is 2.21.